The Labute approximate surface area is 149 Å². The Morgan fingerprint density at radius 1 is 0.792 bits per heavy atom. The Morgan fingerprint density at radius 3 is 1.79 bits per heavy atom. The van der Waals surface area contributed by atoms with Gasteiger partial charge in [-0.05, 0) is 32.1 Å². The van der Waals surface area contributed by atoms with Gasteiger partial charge in [0.2, 0.25) is 0 Å². The monoisotopic (exact) mass is 340 g/mol. The lowest BCUT2D eigenvalue weighted by molar-refractivity contribution is -0.137. The first-order valence-electron chi connectivity index (χ1n) is 10.2. The summed E-state index contributed by atoms with van der Waals surface area (Å²) in [6.45, 7) is 2.13. The summed E-state index contributed by atoms with van der Waals surface area (Å²) in [5.41, 5.74) is 0. The Bertz CT molecular complexity index is 299. The Kier molecular flexibility index (Phi) is 17.9. The van der Waals surface area contributed by atoms with Gasteiger partial charge in [-0.3, -0.25) is 4.79 Å². The zero-order valence-electron chi connectivity index (χ0n) is 15.8. The third-order valence-electron chi connectivity index (χ3n) is 4.50. The van der Waals surface area contributed by atoms with Crippen LogP contribution in [0.2, 0.25) is 0 Å². The zero-order valence-corrected chi connectivity index (χ0v) is 15.8. The van der Waals surface area contributed by atoms with E-state index in [4.69, 9.17) is 5.11 Å². The normalized spacial score (nSPS) is 12.8. The zero-order chi connectivity index (χ0) is 17.9. The molecule has 0 aliphatic heterocycles. The highest BCUT2D eigenvalue weighted by molar-refractivity contribution is 5.66. The second-order valence-corrected chi connectivity index (χ2v) is 6.93. The lowest BCUT2D eigenvalue weighted by Gasteiger charge is -2.08. The first kappa shape index (κ1) is 23.2. The van der Waals surface area contributed by atoms with Crippen LogP contribution in [0.5, 0.6) is 0 Å². The lowest BCUT2D eigenvalue weighted by Crippen LogP contribution is -2.05. The van der Waals surface area contributed by atoms with Crippen molar-refractivity contribution in [1.82, 2.24) is 0 Å². The molecule has 0 fully saturated rings. The summed E-state index contributed by atoms with van der Waals surface area (Å²) in [4.78, 5) is 10.4. The number of hydrogen-bond donors (Lipinski definition) is 2. The van der Waals surface area contributed by atoms with E-state index in [0.29, 0.717) is 6.42 Å². The summed E-state index contributed by atoms with van der Waals surface area (Å²) in [6, 6.07) is 0. The summed E-state index contributed by atoms with van der Waals surface area (Å²) in [5.74, 6) is -0.671. The molecule has 1 atom stereocenters. The molecule has 142 valence electrons. The fourth-order valence-corrected chi connectivity index (χ4v) is 2.96. The maximum absolute atomic E-state index is 10.4. The molecule has 1 unspecified atom stereocenters. The number of hydrogen-bond acceptors (Lipinski definition) is 2. The molecule has 0 saturated carbocycles. The van der Waals surface area contributed by atoms with Crippen molar-refractivity contribution >= 4 is 5.97 Å². The summed E-state index contributed by atoms with van der Waals surface area (Å²) in [7, 11) is 0. The van der Waals surface area contributed by atoms with Gasteiger partial charge in [-0.2, -0.15) is 0 Å². The number of aliphatic hydroxyl groups excluding tert-OH is 1. The summed E-state index contributed by atoms with van der Waals surface area (Å²) in [5, 5.41) is 18.4. The second-order valence-electron chi connectivity index (χ2n) is 6.93. The number of allylic oxidation sites excluding steroid dienone is 2. The van der Waals surface area contributed by atoms with Crippen LogP contribution in [0.3, 0.4) is 0 Å². The number of carbonyl (C=O) groups is 1. The van der Waals surface area contributed by atoms with Gasteiger partial charge < -0.3 is 10.2 Å². The maximum Gasteiger partial charge on any atom is 0.303 e. The smallest absolute Gasteiger partial charge is 0.303 e. The standard InChI is InChI=1S/C21H40O3/c1-2-3-4-14-17-20(22)18-15-12-10-8-6-5-7-9-11-13-16-19-21(23)24/h3-4,20,22H,2,5-19H2,1H3,(H,23,24)/b4-3-. The van der Waals surface area contributed by atoms with Crippen LogP contribution in [0.1, 0.15) is 110 Å². The molecule has 3 heteroatoms. The highest BCUT2D eigenvalue weighted by Crippen LogP contribution is 2.14. The summed E-state index contributed by atoms with van der Waals surface area (Å²) in [6.07, 6.45) is 21.7. The number of carboxylic acids is 1. The van der Waals surface area contributed by atoms with Gasteiger partial charge in [0.25, 0.3) is 0 Å². The predicted molar refractivity (Wildman–Crippen MR) is 102 cm³/mol. The van der Waals surface area contributed by atoms with E-state index in [2.05, 4.69) is 19.1 Å². The molecule has 3 nitrogen and oxygen atoms in total. The molecule has 0 aromatic rings. The van der Waals surface area contributed by atoms with Crippen LogP contribution < -0.4 is 0 Å². The highest BCUT2D eigenvalue weighted by atomic mass is 16.4. The number of rotatable bonds is 18. The molecule has 0 radical (unpaired) electrons. The topological polar surface area (TPSA) is 57.5 Å². The minimum absolute atomic E-state index is 0.118. The van der Waals surface area contributed by atoms with Crippen molar-refractivity contribution in [2.75, 3.05) is 0 Å². The lowest BCUT2D eigenvalue weighted by atomic mass is 10.0. The highest BCUT2D eigenvalue weighted by Gasteiger charge is 2.02. The number of aliphatic carboxylic acids is 1. The van der Waals surface area contributed by atoms with Gasteiger partial charge in [0.15, 0.2) is 0 Å². The average Bonchev–Trinajstić information content (AvgIpc) is 2.55. The SMILES string of the molecule is CC/C=C\CCC(O)CCCCCCCCCCCCCC(=O)O. The van der Waals surface area contributed by atoms with E-state index < -0.39 is 5.97 Å². The van der Waals surface area contributed by atoms with Crippen LogP contribution in [-0.2, 0) is 4.79 Å². The molecule has 0 rings (SSSR count). The van der Waals surface area contributed by atoms with Crippen LogP contribution in [-0.4, -0.2) is 22.3 Å². The largest absolute Gasteiger partial charge is 0.481 e. The Balaban J connectivity index is 3.14. The molecule has 0 spiro atoms. The van der Waals surface area contributed by atoms with Gasteiger partial charge in [-0.15, -0.1) is 0 Å². The van der Waals surface area contributed by atoms with E-state index >= 15 is 0 Å². The quantitative estimate of drug-likeness (QED) is 0.229. The van der Waals surface area contributed by atoms with Crippen molar-refractivity contribution < 1.29 is 15.0 Å². The van der Waals surface area contributed by atoms with Crippen LogP contribution in [0, 0.1) is 0 Å². The predicted octanol–water partition coefficient (Wildman–Crippen LogP) is 6.25. The van der Waals surface area contributed by atoms with E-state index in [-0.39, 0.29) is 6.10 Å². The minimum atomic E-state index is -0.671. The molecule has 0 aromatic carbocycles. The number of carboxylic acid groups (broad SMARTS) is 1. The molecule has 0 aliphatic rings. The van der Waals surface area contributed by atoms with E-state index in [1.165, 1.54) is 51.4 Å². The third kappa shape index (κ3) is 19.2. The minimum Gasteiger partial charge on any atom is -0.481 e. The van der Waals surface area contributed by atoms with Crippen LogP contribution in [0.4, 0.5) is 0 Å². The van der Waals surface area contributed by atoms with Crippen molar-refractivity contribution in [1.29, 1.82) is 0 Å². The molecule has 0 aliphatic carbocycles. The number of unbranched alkanes of at least 4 members (excludes halogenated alkanes) is 10. The number of aliphatic hydroxyl groups is 1. The van der Waals surface area contributed by atoms with E-state index in [9.17, 15) is 9.90 Å². The van der Waals surface area contributed by atoms with Crippen molar-refractivity contribution in [3.05, 3.63) is 12.2 Å². The van der Waals surface area contributed by atoms with Gasteiger partial charge in [0.05, 0.1) is 6.10 Å². The Morgan fingerprint density at radius 2 is 1.29 bits per heavy atom. The van der Waals surface area contributed by atoms with Gasteiger partial charge in [-0.25, -0.2) is 0 Å². The van der Waals surface area contributed by atoms with E-state index in [1.807, 2.05) is 0 Å². The van der Waals surface area contributed by atoms with Crippen molar-refractivity contribution in [2.24, 2.45) is 0 Å². The second kappa shape index (κ2) is 18.5. The van der Waals surface area contributed by atoms with Gasteiger partial charge in [0, 0.05) is 6.42 Å². The molecule has 0 amide bonds. The fourth-order valence-electron chi connectivity index (χ4n) is 2.96. The van der Waals surface area contributed by atoms with E-state index in [1.54, 1.807) is 0 Å². The molecular weight excluding hydrogens is 300 g/mol. The maximum atomic E-state index is 10.4. The van der Waals surface area contributed by atoms with Gasteiger partial charge in [-0.1, -0.05) is 83.3 Å². The molecule has 0 saturated heterocycles. The first-order valence-corrected chi connectivity index (χ1v) is 10.2. The molecule has 2 N–H and O–H groups in total. The van der Waals surface area contributed by atoms with Gasteiger partial charge >= 0.3 is 5.97 Å². The van der Waals surface area contributed by atoms with E-state index in [0.717, 1.165) is 44.9 Å². The summed E-state index contributed by atoms with van der Waals surface area (Å²) < 4.78 is 0. The van der Waals surface area contributed by atoms with Crippen LogP contribution in [0.25, 0.3) is 0 Å². The Hall–Kier alpha value is -0.830. The molecular formula is C21H40O3. The van der Waals surface area contributed by atoms with Crippen molar-refractivity contribution in [3.63, 3.8) is 0 Å². The average molecular weight is 341 g/mol. The summed E-state index contributed by atoms with van der Waals surface area (Å²) >= 11 is 0. The van der Waals surface area contributed by atoms with Crippen molar-refractivity contribution in [2.45, 2.75) is 116 Å². The van der Waals surface area contributed by atoms with Crippen LogP contribution >= 0.6 is 0 Å². The molecule has 0 heterocycles. The van der Waals surface area contributed by atoms with Gasteiger partial charge in [0.1, 0.15) is 0 Å². The third-order valence-corrected chi connectivity index (χ3v) is 4.50. The van der Waals surface area contributed by atoms with Crippen molar-refractivity contribution in [3.8, 4) is 0 Å². The molecule has 0 aromatic heterocycles. The fraction of sp³-hybridized carbons (Fsp3) is 0.857. The first-order chi connectivity index (χ1) is 11.7. The molecule has 24 heavy (non-hydrogen) atoms. The van der Waals surface area contributed by atoms with Crippen LogP contribution in [0.15, 0.2) is 12.2 Å². The molecule has 0 bridgehead atoms.